The highest BCUT2D eigenvalue weighted by Crippen LogP contribution is 2.36. The van der Waals surface area contributed by atoms with Crippen molar-refractivity contribution < 1.29 is 24.6 Å². The number of hydroxylamine groups is 2. The summed E-state index contributed by atoms with van der Waals surface area (Å²) in [5, 5.41) is 20.5. The van der Waals surface area contributed by atoms with Crippen molar-refractivity contribution in [1.82, 2.24) is 5.06 Å². The van der Waals surface area contributed by atoms with Crippen LogP contribution in [0.15, 0.2) is 0 Å². The van der Waals surface area contributed by atoms with E-state index in [2.05, 4.69) is 0 Å². The zero-order valence-corrected chi connectivity index (χ0v) is 9.91. The van der Waals surface area contributed by atoms with Crippen LogP contribution in [0.4, 0.5) is 0 Å². The SMILES string of the molecule is COC(=O)[C@@H]1[C@@H]([C@H](O)CO)ON2CCCC[C@H]12. The third kappa shape index (κ3) is 2.30. The second-order valence-corrected chi connectivity index (χ2v) is 4.57. The van der Waals surface area contributed by atoms with Gasteiger partial charge in [0.15, 0.2) is 0 Å². The van der Waals surface area contributed by atoms with Crippen LogP contribution in [-0.2, 0) is 14.4 Å². The average molecular weight is 245 g/mol. The van der Waals surface area contributed by atoms with Crippen molar-refractivity contribution in [3.8, 4) is 0 Å². The van der Waals surface area contributed by atoms with Gasteiger partial charge in [0.05, 0.1) is 19.8 Å². The Morgan fingerprint density at radius 3 is 3.00 bits per heavy atom. The topological polar surface area (TPSA) is 79.2 Å². The summed E-state index contributed by atoms with van der Waals surface area (Å²) >= 11 is 0. The molecule has 2 rings (SSSR count). The lowest BCUT2D eigenvalue weighted by atomic mass is 9.87. The van der Waals surface area contributed by atoms with Gasteiger partial charge in [0, 0.05) is 6.54 Å². The van der Waals surface area contributed by atoms with Crippen LogP contribution in [0.5, 0.6) is 0 Å². The number of ether oxygens (including phenoxy) is 1. The van der Waals surface area contributed by atoms with Crippen LogP contribution in [0, 0.1) is 5.92 Å². The van der Waals surface area contributed by atoms with Crippen LogP contribution < -0.4 is 0 Å². The molecule has 6 nitrogen and oxygen atoms in total. The summed E-state index contributed by atoms with van der Waals surface area (Å²) in [6.07, 6.45) is 1.17. The van der Waals surface area contributed by atoms with E-state index >= 15 is 0 Å². The molecule has 0 aromatic rings. The normalized spacial score (nSPS) is 35.4. The number of methoxy groups -OCH3 is 1. The van der Waals surface area contributed by atoms with Crippen molar-refractivity contribution in [2.45, 2.75) is 37.5 Å². The van der Waals surface area contributed by atoms with Crippen LogP contribution in [0.25, 0.3) is 0 Å². The number of hydrogen-bond acceptors (Lipinski definition) is 6. The van der Waals surface area contributed by atoms with Gasteiger partial charge in [-0.15, -0.1) is 0 Å². The highest BCUT2D eigenvalue weighted by molar-refractivity contribution is 5.74. The molecule has 98 valence electrons. The van der Waals surface area contributed by atoms with E-state index in [0.29, 0.717) is 0 Å². The lowest BCUT2D eigenvalue weighted by molar-refractivity contribution is -0.197. The fourth-order valence-corrected chi connectivity index (χ4v) is 2.70. The Morgan fingerprint density at radius 1 is 1.59 bits per heavy atom. The molecule has 0 amide bonds. The molecular weight excluding hydrogens is 226 g/mol. The van der Waals surface area contributed by atoms with E-state index in [-0.39, 0.29) is 12.0 Å². The lowest BCUT2D eigenvalue weighted by Gasteiger charge is -2.28. The molecule has 0 unspecified atom stereocenters. The van der Waals surface area contributed by atoms with Gasteiger partial charge in [-0.1, -0.05) is 6.42 Å². The molecule has 2 N–H and O–H groups in total. The number of fused-ring (bicyclic) bond motifs is 1. The minimum Gasteiger partial charge on any atom is -0.469 e. The Hall–Kier alpha value is -0.690. The van der Waals surface area contributed by atoms with Gasteiger partial charge in [0.2, 0.25) is 0 Å². The van der Waals surface area contributed by atoms with Crippen molar-refractivity contribution in [2.75, 3.05) is 20.3 Å². The van der Waals surface area contributed by atoms with Gasteiger partial charge in [-0.2, -0.15) is 5.06 Å². The zero-order chi connectivity index (χ0) is 12.4. The molecule has 0 saturated carbocycles. The summed E-state index contributed by atoms with van der Waals surface area (Å²) < 4.78 is 4.77. The molecule has 0 aromatic carbocycles. The maximum absolute atomic E-state index is 11.8. The molecule has 2 fully saturated rings. The standard InChI is InChI=1S/C11H19NO5/c1-16-11(15)9-7-4-2-3-5-12(7)17-10(9)8(14)6-13/h7-10,13-14H,2-6H2,1H3/t7-,8-,9+,10-/m1/s1. The van der Waals surface area contributed by atoms with Gasteiger partial charge in [0.1, 0.15) is 18.1 Å². The number of nitrogens with zero attached hydrogens (tertiary/aromatic N) is 1. The van der Waals surface area contributed by atoms with E-state index in [4.69, 9.17) is 14.7 Å². The lowest BCUT2D eigenvalue weighted by Crippen LogP contribution is -2.42. The third-order valence-corrected chi connectivity index (χ3v) is 3.56. The van der Waals surface area contributed by atoms with Crippen LogP contribution in [0.3, 0.4) is 0 Å². The third-order valence-electron chi connectivity index (χ3n) is 3.56. The van der Waals surface area contributed by atoms with E-state index in [1.807, 2.05) is 0 Å². The molecule has 2 aliphatic heterocycles. The zero-order valence-electron chi connectivity index (χ0n) is 9.91. The van der Waals surface area contributed by atoms with Crippen molar-refractivity contribution >= 4 is 5.97 Å². The molecule has 2 aliphatic rings. The molecular formula is C11H19NO5. The minimum absolute atomic E-state index is 0.0394. The fraction of sp³-hybridized carbons (Fsp3) is 0.909. The molecule has 0 bridgehead atoms. The molecule has 4 atom stereocenters. The van der Waals surface area contributed by atoms with Crippen molar-refractivity contribution in [2.24, 2.45) is 5.92 Å². The van der Waals surface area contributed by atoms with Crippen LogP contribution in [0.1, 0.15) is 19.3 Å². The molecule has 0 spiro atoms. The first kappa shape index (κ1) is 12.8. The molecule has 0 radical (unpaired) electrons. The largest absolute Gasteiger partial charge is 0.469 e. The van der Waals surface area contributed by atoms with E-state index in [1.165, 1.54) is 7.11 Å². The Balaban J connectivity index is 2.17. The number of rotatable bonds is 3. The predicted molar refractivity (Wildman–Crippen MR) is 57.8 cm³/mol. The first-order valence-electron chi connectivity index (χ1n) is 5.99. The fourth-order valence-electron chi connectivity index (χ4n) is 2.70. The molecule has 17 heavy (non-hydrogen) atoms. The second-order valence-electron chi connectivity index (χ2n) is 4.57. The molecule has 0 aliphatic carbocycles. The van der Waals surface area contributed by atoms with Crippen LogP contribution >= 0.6 is 0 Å². The predicted octanol–water partition coefficient (Wildman–Crippen LogP) is -0.703. The number of esters is 1. The highest BCUT2D eigenvalue weighted by atomic mass is 16.7. The number of aliphatic hydroxyl groups excluding tert-OH is 2. The monoisotopic (exact) mass is 245 g/mol. The Kier molecular flexibility index (Phi) is 3.98. The molecule has 6 heteroatoms. The number of carbonyl (C=O) groups excluding carboxylic acids is 1. The summed E-state index contributed by atoms with van der Waals surface area (Å²) in [7, 11) is 1.33. The highest BCUT2D eigenvalue weighted by Gasteiger charge is 2.51. The van der Waals surface area contributed by atoms with E-state index < -0.39 is 24.7 Å². The quantitative estimate of drug-likeness (QED) is 0.640. The van der Waals surface area contributed by atoms with E-state index in [0.717, 1.165) is 25.8 Å². The first-order chi connectivity index (χ1) is 8.19. The van der Waals surface area contributed by atoms with E-state index in [9.17, 15) is 9.90 Å². The number of piperidine rings is 1. The average Bonchev–Trinajstić information content (AvgIpc) is 2.76. The summed E-state index contributed by atoms with van der Waals surface area (Å²) in [5.74, 6) is -0.889. The number of hydrogen-bond donors (Lipinski definition) is 2. The Morgan fingerprint density at radius 2 is 2.35 bits per heavy atom. The van der Waals surface area contributed by atoms with Gasteiger partial charge >= 0.3 is 5.97 Å². The molecule has 2 heterocycles. The summed E-state index contributed by atoms with van der Waals surface area (Å²) in [6.45, 7) is 0.339. The Labute approximate surface area is 100 Å². The van der Waals surface area contributed by atoms with Crippen molar-refractivity contribution in [3.63, 3.8) is 0 Å². The van der Waals surface area contributed by atoms with Crippen LogP contribution in [0.2, 0.25) is 0 Å². The second kappa shape index (κ2) is 5.30. The van der Waals surface area contributed by atoms with Crippen LogP contribution in [-0.4, -0.2) is 59.8 Å². The number of aliphatic hydroxyl groups is 2. The minimum atomic E-state index is -1.05. The van der Waals surface area contributed by atoms with E-state index in [1.54, 1.807) is 5.06 Å². The van der Waals surface area contributed by atoms with Gasteiger partial charge in [-0.25, -0.2) is 0 Å². The van der Waals surface area contributed by atoms with Gasteiger partial charge < -0.3 is 14.9 Å². The van der Waals surface area contributed by atoms with Crippen molar-refractivity contribution in [3.05, 3.63) is 0 Å². The van der Waals surface area contributed by atoms with Gasteiger partial charge in [0.25, 0.3) is 0 Å². The first-order valence-corrected chi connectivity index (χ1v) is 5.99. The maximum atomic E-state index is 11.8. The van der Waals surface area contributed by atoms with Gasteiger partial charge in [-0.3, -0.25) is 9.63 Å². The molecule has 2 saturated heterocycles. The maximum Gasteiger partial charge on any atom is 0.313 e. The summed E-state index contributed by atoms with van der Waals surface area (Å²) in [4.78, 5) is 17.4. The van der Waals surface area contributed by atoms with Gasteiger partial charge in [-0.05, 0) is 12.8 Å². The molecule has 0 aromatic heterocycles. The number of carbonyl (C=O) groups is 1. The van der Waals surface area contributed by atoms with Crippen molar-refractivity contribution in [1.29, 1.82) is 0 Å². The summed E-state index contributed by atoms with van der Waals surface area (Å²) in [5.41, 5.74) is 0. The summed E-state index contributed by atoms with van der Waals surface area (Å²) in [6, 6.07) is -0.0394. The smallest absolute Gasteiger partial charge is 0.313 e. The Bertz CT molecular complexity index is 285.